The molecule has 2 aromatic rings. The predicted molar refractivity (Wildman–Crippen MR) is 88.1 cm³/mol. The normalized spacial score (nSPS) is 12.0. The number of rotatable bonds is 5. The van der Waals surface area contributed by atoms with Gasteiger partial charge in [0.15, 0.2) is 0 Å². The minimum absolute atomic E-state index is 0.142. The lowest BCUT2D eigenvalue weighted by Gasteiger charge is -2.15. The van der Waals surface area contributed by atoms with Crippen molar-refractivity contribution in [3.8, 4) is 0 Å². The summed E-state index contributed by atoms with van der Waals surface area (Å²) in [4.78, 5) is 18.6. The summed E-state index contributed by atoms with van der Waals surface area (Å²) in [5.41, 5.74) is 2.64. The molecule has 2 heterocycles. The predicted octanol–water partition coefficient (Wildman–Crippen LogP) is 3.68. The number of carbonyl (C=O) groups excluding carboxylic acids is 1. The summed E-state index contributed by atoms with van der Waals surface area (Å²) in [6.45, 7) is 8.87. The molecule has 21 heavy (non-hydrogen) atoms. The lowest BCUT2D eigenvalue weighted by atomic mass is 10.1. The summed E-state index contributed by atoms with van der Waals surface area (Å²) >= 11 is 1.81. The zero-order valence-corrected chi connectivity index (χ0v) is 13.7. The smallest absolute Gasteiger partial charge is 0.269 e. The maximum atomic E-state index is 11.8. The number of amides is 1. The number of aromatic nitrogens is 1. The van der Waals surface area contributed by atoms with E-state index in [2.05, 4.69) is 42.5 Å². The first-order valence-electron chi connectivity index (χ1n) is 7.09. The Morgan fingerprint density at radius 2 is 2.14 bits per heavy atom. The molecule has 0 aliphatic carbocycles. The number of anilines is 1. The first kappa shape index (κ1) is 15.5. The van der Waals surface area contributed by atoms with Crippen LogP contribution in [0.25, 0.3) is 0 Å². The second-order valence-corrected chi connectivity index (χ2v) is 6.48. The molecule has 1 atom stereocenters. The van der Waals surface area contributed by atoms with E-state index in [1.165, 1.54) is 15.3 Å². The summed E-state index contributed by atoms with van der Waals surface area (Å²) in [6.07, 6.45) is 1.66. The van der Waals surface area contributed by atoms with Crippen LogP contribution in [0.3, 0.4) is 0 Å². The zero-order valence-electron chi connectivity index (χ0n) is 12.9. The zero-order chi connectivity index (χ0) is 15.4. The highest BCUT2D eigenvalue weighted by molar-refractivity contribution is 7.12. The molecule has 1 unspecified atom stereocenters. The van der Waals surface area contributed by atoms with Crippen molar-refractivity contribution in [3.05, 3.63) is 45.4 Å². The topological polar surface area (TPSA) is 54.0 Å². The third-order valence-electron chi connectivity index (χ3n) is 3.26. The van der Waals surface area contributed by atoms with Crippen LogP contribution in [0.4, 0.5) is 5.69 Å². The van der Waals surface area contributed by atoms with Crippen LogP contribution in [0.15, 0.2) is 24.4 Å². The van der Waals surface area contributed by atoms with Gasteiger partial charge in [-0.2, -0.15) is 0 Å². The van der Waals surface area contributed by atoms with Crippen LogP contribution in [-0.2, 0) is 0 Å². The van der Waals surface area contributed by atoms with E-state index in [9.17, 15) is 4.79 Å². The van der Waals surface area contributed by atoms with Crippen molar-refractivity contribution in [2.75, 3.05) is 11.9 Å². The number of carbonyl (C=O) groups is 1. The largest absolute Gasteiger partial charge is 0.378 e. The third kappa shape index (κ3) is 3.82. The molecule has 4 nitrogen and oxygen atoms in total. The third-order valence-corrected chi connectivity index (χ3v) is 4.24. The van der Waals surface area contributed by atoms with Crippen LogP contribution >= 0.6 is 11.3 Å². The van der Waals surface area contributed by atoms with Crippen molar-refractivity contribution in [2.45, 2.75) is 33.7 Å². The van der Waals surface area contributed by atoms with Gasteiger partial charge in [-0.15, -0.1) is 11.3 Å². The molecule has 0 spiro atoms. The van der Waals surface area contributed by atoms with Gasteiger partial charge in [-0.1, -0.05) is 0 Å². The van der Waals surface area contributed by atoms with Crippen molar-refractivity contribution >= 4 is 22.9 Å². The van der Waals surface area contributed by atoms with E-state index >= 15 is 0 Å². The molecule has 1 amide bonds. The van der Waals surface area contributed by atoms with Crippen LogP contribution in [0.1, 0.15) is 45.7 Å². The number of thiophene rings is 1. The van der Waals surface area contributed by atoms with Gasteiger partial charge in [0, 0.05) is 34.2 Å². The van der Waals surface area contributed by atoms with Crippen LogP contribution in [0, 0.1) is 13.8 Å². The molecule has 2 N–H and O–H groups in total. The van der Waals surface area contributed by atoms with Crippen LogP contribution < -0.4 is 10.6 Å². The van der Waals surface area contributed by atoms with E-state index in [4.69, 9.17) is 0 Å². The van der Waals surface area contributed by atoms with Gasteiger partial charge in [-0.3, -0.25) is 9.78 Å². The van der Waals surface area contributed by atoms with Gasteiger partial charge in [-0.05, 0) is 51.5 Å². The molecule has 0 radical (unpaired) electrons. The summed E-state index contributed by atoms with van der Waals surface area (Å²) in [5, 5.41) is 6.20. The highest BCUT2D eigenvalue weighted by Gasteiger charge is 2.12. The summed E-state index contributed by atoms with van der Waals surface area (Å²) in [6, 6.07) is 6.08. The van der Waals surface area contributed by atoms with E-state index in [0.717, 1.165) is 5.69 Å². The molecule has 0 aromatic carbocycles. The van der Waals surface area contributed by atoms with Gasteiger partial charge < -0.3 is 10.6 Å². The van der Waals surface area contributed by atoms with Crippen molar-refractivity contribution in [3.63, 3.8) is 0 Å². The number of hydrogen-bond acceptors (Lipinski definition) is 4. The molecular weight excluding hydrogens is 282 g/mol. The molecule has 0 saturated heterocycles. The molecular formula is C16H21N3OS. The quantitative estimate of drug-likeness (QED) is 0.886. The maximum absolute atomic E-state index is 11.8. The summed E-state index contributed by atoms with van der Waals surface area (Å²) < 4.78 is 0. The Balaban J connectivity index is 2.14. The van der Waals surface area contributed by atoms with E-state index in [1.54, 1.807) is 23.6 Å². The average molecular weight is 303 g/mol. The first-order valence-corrected chi connectivity index (χ1v) is 7.90. The van der Waals surface area contributed by atoms with Gasteiger partial charge in [-0.25, -0.2) is 0 Å². The minimum Gasteiger partial charge on any atom is -0.378 e. The second-order valence-electron chi connectivity index (χ2n) is 5.02. The second kappa shape index (κ2) is 6.72. The number of nitrogens with zero attached hydrogens (tertiary/aromatic N) is 1. The molecule has 0 aliphatic rings. The molecule has 0 saturated carbocycles. The van der Waals surface area contributed by atoms with E-state index in [-0.39, 0.29) is 11.9 Å². The van der Waals surface area contributed by atoms with Crippen molar-refractivity contribution in [2.24, 2.45) is 0 Å². The molecule has 2 rings (SSSR count). The van der Waals surface area contributed by atoms with Crippen LogP contribution in [-0.4, -0.2) is 17.4 Å². The minimum atomic E-state index is -0.142. The highest BCUT2D eigenvalue weighted by Crippen LogP contribution is 2.28. The Bertz CT molecular complexity index is 636. The van der Waals surface area contributed by atoms with Crippen LogP contribution in [0.2, 0.25) is 0 Å². The number of pyridine rings is 1. The fourth-order valence-electron chi connectivity index (χ4n) is 2.30. The molecule has 112 valence electrons. The van der Waals surface area contributed by atoms with E-state index in [1.807, 2.05) is 13.0 Å². The van der Waals surface area contributed by atoms with Gasteiger partial charge in [0.25, 0.3) is 5.91 Å². The van der Waals surface area contributed by atoms with Crippen molar-refractivity contribution < 1.29 is 4.79 Å². The molecule has 2 aromatic heterocycles. The van der Waals surface area contributed by atoms with Crippen LogP contribution in [0.5, 0.6) is 0 Å². The summed E-state index contributed by atoms with van der Waals surface area (Å²) in [5.74, 6) is -0.142. The Morgan fingerprint density at radius 1 is 1.38 bits per heavy atom. The molecule has 0 aliphatic heterocycles. The monoisotopic (exact) mass is 303 g/mol. The first-order chi connectivity index (χ1) is 10.0. The van der Waals surface area contributed by atoms with Gasteiger partial charge >= 0.3 is 0 Å². The van der Waals surface area contributed by atoms with Gasteiger partial charge in [0.1, 0.15) is 5.69 Å². The van der Waals surface area contributed by atoms with E-state index < -0.39 is 0 Å². The lowest BCUT2D eigenvalue weighted by Crippen LogP contribution is -2.23. The number of nitrogens with one attached hydrogen (secondary N) is 2. The SMILES string of the molecule is CCNC(=O)c1cc(NC(C)c2cc(C)sc2C)ccn1. The van der Waals surface area contributed by atoms with E-state index in [0.29, 0.717) is 12.2 Å². The fourth-order valence-corrected chi connectivity index (χ4v) is 3.33. The maximum Gasteiger partial charge on any atom is 0.269 e. The highest BCUT2D eigenvalue weighted by atomic mass is 32.1. The van der Waals surface area contributed by atoms with Gasteiger partial charge in [0.05, 0.1) is 0 Å². The lowest BCUT2D eigenvalue weighted by molar-refractivity contribution is 0.0951. The molecule has 5 heteroatoms. The standard InChI is InChI=1S/C16H21N3OS/c1-5-17-16(20)15-9-13(6-7-18-15)19-11(3)14-8-10(2)21-12(14)4/h6-9,11H,5H2,1-4H3,(H,17,20)(H,18,19). The summed E-state index contributed by atoms with van der Waals surface area (Å²) in [7, 11) is 0. The number of aryl methyl sites for hydroxylation is 2. The number of hydrogen-bond donors (Lipinski definition) is 2. The fraction of sp³-hybridized carbons (Fsp3) is 0.375. The Labute approximate surface area is 129 Å². The molecule has 0 bridgehead atoms. The van der Waals surface area contributed by atoms with Crippen molar-refractivity contribution in [1.82, 2.24) is 10.3 Å². The van der Waals surface area contributed by atoms with Crippen molar-refractivity contribution in [1.29, 1.82) is 0 Å². The average Bonchev–Trinajstić information content (AvgIpc) is 2.78. The van der Waals surface area contributed by atoms with Gasteiger partial charge in [0.2, 0.25) is 0 Å². The Kier molecular flexibility index (Phi) is 4.96. The molecule has 0 fully saturated rings. The Hall–Kier alpha value is -1.88. The Morgan fingerprint density at radius 3 is 2.76 bits per heavy atom.